The molecule has 2 rings (SSSR count). The van der Waals surface area contributed by atoms with E-state index in [1.807, 2.05) is 6.20 Å². The van der Waals surface area contributed by atoms with Crippen LogP contribution in [0, 0.1) is 0 Å². The van der Waals surface area contributed by atoms with Gasteiger partial charge in [0.1, 0.15) is 5.75 Å². The summed E-state index contributed by atoms with van der Waals surface area (Å²) in [6.07, 6.45) is 7.45. The van der Waals surface area contributed by atoms with Crippen molar-refractivity contribution in [2.24, 2.45) is 0 Å². The lowest BCUT2D eigenvalue weighted by Crippen LogP contribution is -2.26. The molecule has 3 nitrogen and oxygen atoms in total. The topological polar surface area (TPSA) is 34.1 Å². The number of pyridine rings is 1. The van der Waals surface area contributed by atoms with Crippen LogP contribution in [0.15, 0.2) is 18.5 Å². The van der Waals surface area contributed by atoms with Gasteiger partial charge in [-0.2, -0.15) is 0 Å². The van der Waals surface area contributed by atoms with E-state index >= 15 is 0 Å². The minimum absolute atomic E-state index is 0.464. The second-order valence-electron chi connectivity index (χ2n) is 3.66. The molecule has 0 amide bonds. The Hall–Kier alpha value is -1.09. The fourth-order valence-corrected chi connectivity index (χ4v) is 1.87. The van der Waals surface area contributed by atoms with Crippen molar-refractivity contribution in [2.45, 2.75) is 25.3 Å². The lowest BCUT2D eigenvalue weighted by molar-refractivity contribution is 0.398. The van der Waals surface area contributed by atoms with Crippen LogP contribution in [0.3, 0.4) is 0 Å². The third-order valence-corrected chi connectivity index (χ3v) is 2.68. The smallest absolute Gasteiger partial charge is 0.137 e. The minimum atomic E-state index is 0.464. The molecule has 0 radical (unpaired) electrons. The highest BCUT2D eigenvalue weighted by Crippen LogP contribution is 2.24. The molecule has 2 heterocycles. The van der Waals surface area contributed by atoms with Gasteiger partial charge >= 0.3 is 0 Å². The number of piperidine rings is 1. The van der Waals surface area contributed by atoms with Gasteiger partial charge in [0, 0.05) is 12.2 Å². The second kappa shape index (κ2) is 4.42. The molecule has 1 atom stereocenters. The summed E-state index contributed by atoms with van der Waals surface area (Å²) >= 11 is 0. The molecule has 14 heavy (non-hydrogen) atoms. The number of ether oxygens (including phenoxy) is 1. The van der Waals surface area contributed by atoms with E-state index in [9.17, 15) is 0 Å². The summed E-state index contributed by atoms with van der Waals surface area (Å²) in [5, 5.41) is 3.49. The van der Waals surface area contributed by atoms with Crippen LogP contribution in [0.5, 0.6) is 5.75 Å². The number of nitrogens with zero attached hydrogens (tertiary/aromatic N) is 1. The lowest BCUT2D eigenvalue weighted by Gasteiger charge is -2.23. The molecular formula is C11H16N2O. The summed E-state index contributed by atoms with van der Waals surface area (Å²) in [5.74, 6) is 0.842. The minimum Gasteiger partial charge on any atom is -0.495 e. The Morgan fingerprint density at radius 2 is 2.36 bits per heavy atom. The second-order valence-corrected chi connectivity index (χ2v) is 3.66. The maximum Gasteiger partial charge on any atom is 0.137 e. The number of methoxy groups -OCH3 is 1. The van der Waals surface area contributed by atoms with Crippen LogP contribution < -0.4 is 10.1 Å². The highest BCUT2D eigenvalue weighted by molar-refractivity contribution is 5.26. The van der Waals surface area contributed by atoms with Crippen LogP contribution in [-0.2, 0) is 0 Å². The van der Waals surface area contributed by atoms with Gasteiger partial charge in [-0.1, -0.05) is 6.42 Å². The molecule has 76 valence electrons. The summed E-state index contributed by atoms with van der Waals surface area (Å²) in [4.78, 5) is 4.17. The summed E-state index contributed by atoms with van der Waals surface area (Å²) in [5.41, 5.74) is 1.24. The van der Waals surface area contributed by atoms with Gasteiger partial charge in [-0.3, -0.25) is 4.98 Å². The van der Waals surface area contributed by atoms with Crippen LogP contribution in [0.2, 0.25) is 0 Å². The van der Waals surface area contributed by atoms with Crippen molar-refractivity contribution >= 4 is 0 Å². The summed E-state index contributed by atoms with van der Waals surface area (Å²) in [7, 11) is 1.68. The van der Waals surface area contributed by atoms with Crippen molar-refractivity contribution in [2.75, 3.05) is 13.7 Å². The van der Waals surface area contributed by atoms with Crippen LogP contribution in [0.25, 0.3) is 0 Å². The van der Waals surface area contributed by atoms with Gasteiger partial charge in [-0.15, -0.1) is 0 Å². The number of nitrogens with one attached hydrogen (secondary N) is 1. The van der Waals surface area contributed by atoms with Gasteiger partial charge < -0.3 is 10.1 Å². The zero-order valence-electron chi connectivity index (χ0n) is 8.49. The summed E-state index contributed by atoms with van der Waals surface area (Å²) in [6, 6.07) is 2.53. The van der Waals surface area contributed by atoms with E-state index in [0.717, 1.165) is 12.3 Å². The Kier molecular flexibility index (Phi) is 2.99. The average molecular weight is 192 g/mol. The van der Waals surface area contributed by atoms with Crippen molar-refractivity contribution in [1.29, 1.82) is 0 Å². The summed E-state index contributed by atoms with van der Waals surface area (Å²) < 4.78 is 5.16. The predicted molar refractivity (Wildman–Crippen MR) is 55.4 cm³/mol. The van der Waals surface area contributed by atoms with Gasteiger partial charge in [-0.05, 0) is 31.0 Å². The monoisotopic (exact) mass is 192 g/mol. The summed E-state index contributed by atoms with van der Waals surface area (Å²) in [6.45, 7) is 1.11. The number of aromatic nitrogens is 1. The molecule has 1 aliphatic heterocycles. The zero-order chi connectivity index (χ0) is 9.80. The van der Waals surface area contributed by atoms with E-state index in [0.29, 0.717) is 6.04 Å². The molecule has 0 bridgehead atoms. The molecule has 1 aromatic rings. The lowest BCUT2D eigenvalue weighted by atomic mass is 9.99. The number of hydrogen-bond acceptors (Lipinski definition) is 3. The molecule has 0 spiro atoms. The Bertz CT molecular complexity index is 295. The first kappa shape index (κ1) is 9.46. The molecule has 0 aliphatic carbocycles. The predicted octanol–water partition coefficient (Wildman–Crippen LogP) is 1.90. The Balaban J connectivity index is 2.13. The fourth-order valence-electron chi connectivity index (χ4n) is 1.87. The molecular weight excluding hydrogens is 176 g/mol. The molecule has 0 aromatic carbocycles. The standard InChI is InChI=1S/C11H16N2O/c1-14-10-6-9(7-12-8-10)11-4-2-3-5-13-11/h6-8,11,13H,2-5H2,1H3/t11-/m0/s1. The molecule has 1 aromatic heterocycles. The van der Waals surface area contributed by atoms with Crippen LogP contribution in [0.1, 0.15) is 30.9 Å². The highest BCUT2D eigenvalue weighted by atomic mass is 16.5. The third kappa shape index (κ3) is 2.04. The maximum absolute atomic E-state index is 5.16. The van der Waals surface area contributed by atoms with Gasteiger partial charge in [0.2, 0.25) is 0 Å². The first-order valence-corrected chi connectivity index (χ1v) is 5.12. The van der Waals surface area contributed by atoms with E-state index < -0.39 is 0 Å². The Morgan fingerprint density at radius 3 is 3.07 bits per heavy atom. The third-order valence-electron chi connectivity index (χ3n) is 2.68. The molecule has 0 saturated carbocycles. The van der Waals surface area contributed by atoms with E-state index in [1.165, 1.54) is 24.8 Å². The van der Waals surface area contributed by atoms with Crippen molar-refractivity contribution in [3.8, 4) is 5.75 Å². The normalized spacial score (nSPS) is 21.9. The van der Waals surface area contributed by atoms with E-state index in [2.05, 4.69) is 16.4 Å². The van der Waals surface area contributed by atoms with Crippen molar-refractivity contribution < 1.29 is 4.74 Å². The van der Waals surface area contributed by atoms with Crippen LogP contribution >= 0.6 is 0 Å². The van der Waals surface area contributed by atoms with E-state index in [4.69, 9.17) is 4.74 Å². The molecule has 0 unspecified atom stereocenters. The van der Waals surface area contributed by atoms with Gasteiger partial charge in [0.05, 0.1) is 13.3 Å². The van der Waals surface area contributed by atoms with Crippen molar-refractivity contribution in [3.63, 3.8) is 0 Å². The largest absolute Gasteiger partial charge is 0.495 e. The van der Waals surface area contributed by atoms with Crippen molar-refractivity contribution in [1.82, 2.24) is 10.3 Å². The van der Waals surface area contributed by atoms with E-state index in [-0.39, 0.29) is 0 Å². The highest BCUT2D eigenvalue weighted by Gasteiger charge is 2.14. The number of rotatable bonds is 2. The Labute approximate surface area is 84.5 Å². The quantitative estimate of drug-likeness (QED) is 0.777. The molecule has 1 aliphatic rings. The first-order chi connectivity index (χ1) is 6.90. The Morgan fingerprint density at radius 1 is 1.43 bits per heavy atom. The SMILES string of the molecule is COc1cncc([C@@H]2CCCCN2)c1. The zero-order valence-corrected chi connectivity index (χ0v) is 8.49. The maximum atomic E-state index is 5.16. The molecule has 3 heteroatoms. The van der Waals surface area contributed by atoms with Crippen molar-refractivity contribution in [3.05, 3.63) is 24.0 Å². The van der Waals surface area contributed by atoms with E-state index in [1.54, 1.807) is 13.3 Å². The first-order valence-electron chi connectivity index (χ1n) is 5.12. The fraction of sp³-hybridized carbons (Fsp3) is 0.545. The molecule has 1 N–H and O–H groups in total. The van der Waals surface area contributed by atoms with Gasteiger partial charge in [-0.25, -0.2) is 0 Å². The average Bonchev–Trinajstić information content (AvgIpc) is 2.30. The number of hydrogen-bond donors (Lipinski definition) is 1. The van der Waals surface area contributed by atoms with Crippen LogP contribution in [0.4, 0.5) is 0 Å². The van der Waals surface area contributed by atoms with Gasteiger partial charge in [0.25, 0.3) is 0 Å². The van der Waals surface area contributed by atoms with Crippen LogP contribution in [-0.4, -0.2) is 18.6 Å². The molecule has 1 saturated heterocycles. The van der Waals surface area contributed by atoms with Gasteiger partial charge in [0.15, 0.2) is 0 Å². The molecule has 1 fully saturated rings.